The van der Waals surface area contributed by atoms with Gasteiger partial charge in [-0.1, -0.05) is 26.2 Å². The Kier molecular flexibility index (Phi) is 2.31. The lowest BCUT2D eigenvalue weighted by Crippen LogP contribution is -2.13. The number of fused-ring (bicyclic) bond motifs is 1. The van der Waals surface area contributed by atoms with Gasteiger partial charge in [-0.15, -0.1) is 0 Å². The topological polar surface area (TPSA) is 37.3 Å². The summed E-state index contributed by atoms with van der Waals surface area (Å²) in [5, 5.41) is 8.91. The van der Waals surface area contributed by atoms with Crippen molar-refractivity contribution in [2.24, 2.45) is 23.7 Å². The molecular weight excluding hydrogens is 164 g/mol. The fraction of sp³-hybridized carbons (Fsp3) is 0.909. The number of hydrogen-bond donors (Lipinski definition) is 1. The average Bonchev–Trinajstić information content (AvgIpc) is 2.76. The summed E-state index contributed by atoms with van der Waals surface area (Å²) in [5.74, 6) is 1.33. The number of carboxylic acid groups (broad SMARTS) is 1. The van der Waals surface area contributed by atoms with Crippen molar-refractivity contribution in [3.8, 4) is 0 Å². The van der Waals surface area contributed by atoms with Gasteiger partial charge in [0.05, 0.1) is 5.92 Å². The lowest BCUT2D eigenvalue weighted by atomic mass is 9.99. The van der Waals surface area contributed by atoms with Crippen LogP contribution in [0.5, 0.6) is 0 Å². The third-order valence-electron chi connectivity index (χ3n) is 3.94. The molecule has 2 rings (SSSR count). The first kappa shape index (κ1) is 9.04. The van der Waals surface area contributed by atoms with E-state index in [0.717, 1.165) is 11.8 Å². The van der Waals surface area contributed by atoms with Crippen LogP contribution in [0, 0.1) is 23.7 Å². The van der Waals surface area contributed by atoms with Crippen molar-refractivity contribution in [2.75, 3.05) is 0 Å². The van der Waals surface area contributed by atoms with Gasteiger partial charge in [0, 0.05) is 0 Å². The van der Waals surface area contributed by atoms with Crippen LogP contribution in [-0.2, 0) is 4.79 Å². The quantitative estimate of drug-likeness (QED) is 0.712. The van der Waals surface area contributed by atoms with E-state index in [9.17, 15) is 4.79 Å². The molecule has 0 amide bonds. The number of hydrogen-bond acceptors (Lipinski definition) is 1. The molecule has 0 aromatic carbocycles. The van der Waals surface area contributed by atoms with E-state index in [1.54, 1.807) is 0 Å². The number of carbonyl (C=O) groups is 1. The normalized spacial score (nSPS) is 40.2. The summed E-state index contributed by atoms with van der Waals surface area (Å²) in [4.78, 5) is 10.8. The molecule has 3 atom stereocenters. The van der Waals surface area contributed by atoms with Crippen LogP contribution < -0.4 is 0 Å². The van der Waals surface area contributed by atoms with Gasteiger partial charge in [0.1, 0.15) is 0 Å². The van der Waals surface area contributed by atoms with Crippen molar-refractivity contribution in [1.29, 1.82) is 0 Å². The highest BCUT2D eigenvalue weighted by molar-refractivity contribution is 5.70. The molecule has 74 valence electrons. The minimum atomic E-state index is -0.599. The molecule has 0 aliphatic heterocycles. The molecular formula is C11H18O2. The molecule has 2 fully saturated rings. The zero-order valence-corrected chi connectivity index (χ0v) is 8.20. The van der Waals surface area contributed by atoms with Crippen molar-refractivity contribution in [1.82, 2.24) is 0 Å². The van der Waals surface area contributed by atoms with Gasteiger partial charge in [0.2, 0.25) is 0 Å². The van der Waals surface area contributed by atoms with Crippen molar-refractivity contribution >= 4 is 5.97 Å². The SMILES string of the molecule is CC(C(=O)O)C1C2CCCCCC21. The van der Waals surface area contributed by atoms with Crippen LogP contribution in [0.15, 0.2) is 0 Å². The second-order valence-electron chi connectivity index (χ2n) is 4.67. The van der Waals surface area contributed by atoms with E-state index in [1.807, 2.05) is 6.92 Å². The summed E-state index contributed by atoms with van der Waals surface area (Å²) in [6.45, 7) is 1.88. The van der Waals surface area contributed by atoms with Gasteiger partial charge in [0.15, 0.2) is 0 Å². The molecule has 0 bridgehead atoms. The predicted molar refractivity (Wildman–Crippen MR) is 50.4 cm³/mol. The first-order chi connectivity index (χ1) is 6.22. The summed E-state index contributed by atoms with van der Waals surface area (Å²) >= 11 is 0. The molecule has 0 aromatic heterocycles. The first-order valence-corrected chi connectivity index (χ1v) is 5.44. The van der Waals surface area contributed by atoms with Crippen LogP contribution in [0.3, 0.4) is 0 Å². The Morgan fingerprint density at radius 2 is 1.77 bits per heavy atom. The molecule has 0 spiro atoms. The summed E-state index contributed by atoms with van der Waals surface area (Å²) in [5.41, 5.74) is 0. The van der Waals surface area contributed by atoms with Crippen LogP contribution in [0.25, 0.3) is 0 Å². The van der Waals surface area contributed by atoms with Gasteiger partial charge >= 0.3 is 5.97 Å². The molecule has 3 unspecified atom stereocenters. The highest BCUT2D eigenvalue weighted by Gasteiger charge is 2.53. The Bertz CT molecular complexity index is 200. The van der Waals surface area contributed by atoms with Crippen LogP contribution in [-0.4, -0.2) is 11.1 Å². The van der Waals surface area contributed by atoms with Crippen molar-refractivity contribution in [3.63, 3.8) is 0 Å². The van der Waals surface area contributed by atoms with Gasteiger partial charge in [-0.2, -0.15) is 0 Å². The molecule has 0 radical (unpaired) electrons. The summed E-state index contributed by atoms with van der Waals surface area (Å²) < 4.78 is 0. The number of aliphatic carboxylic acids is 1. The second-order valence-corrected chi connectivity index (χ2v) is 4.67. The molecule has 0 saturated heterocycles. The lowest BCUT2D eigenvalue weighted by Gasteiger charge is -2.06. The van der Waals surface area contributed by atoms with Gasteiger partial charge < -0.3 is 5.11 Å². The van der Waals surface area contributed by atoms with Crippen LogP contribution in [0.4, 0.5) is 0 Å². The number of carboxylic acids is 1. The monoisotopic (exact) mass is 182 g/mol. The Balaban J connectivity index is 1.94. The Hall–Kier alpha value is -0.530. The summed E-state index contributed by atoms with van der Waals surface area (Å²) in [7, 11) is 0. The third kappa shape index (κ3) is 1.59. The fourth-order valence-corrected chi connectivity index (χ4v) is 3.13. The molecule has 0 aromatic rings. The third-order valence-corrected chi connectivity index (χ3v) is 3.94. The van der Waals surface area contributed by atoms with Crippen molar-refractivity contribution in [3.05, 3.63) is 0 Å². The second kappa shape index (κ2) is 3.32. The van der Waals surface area contributed by atoms with Gasteiger partial charge in [-0.25, -0.2) is 0 Å². The van der Waals surface area contributed by atoms with Crippen LogP contribution in [0.2, 0.25) is 0 Å². The zero-order valence-electron chi connectivity index (χ0n) is 8.20. The Morgan fingerprint density at radius 3 is 2.23 bits per heavy atom. The minimum Gasteiger partial charge on any atom is -0.481 e. The number of rotatable bonds is 2. The first-order valence-electron chi connectivity index (χ1n) is 5.44. The molecule has 2 aliphatic carbocycles. The maximum atomic E-state index is 10.8. The molecule has 2 nitrogen and oxygen atoms in total. The Morgan fingerprint density at radius 1 is 1.23 bits per heavy atom. The molecule has 2 saturated carbocycles. The van der Waals surface area contributed by atoms with E-state index in [2.05, 4.69) is 0 Å². The molecule has 2 aliphatic rings. The molecule has 0 heterocycles. The highest BCUT2D eigenvalue weighted by Crippen LogP contribution is 2.57. The maximum absolute atomic E-state index is 10.8. The van der Waals surface area contributed by atoms with Crippen molar-refractivity contribution < 1.29 is 9.90 Å². The van der Waals surface area contributed by atoms with Gasteiger partial charge in [-0.05, 0) is 30.6 Å². The van der Waals surface area contributed by atoms with Crippen molar-refractivity contribution in [2.45, 2.75) is 39.0 Å². The van der Waals surface area contributed by atoms with E-state index < -0.39 is 5.97 Å². The molecule has 13 heavy (non-hydrogen) atoms. The predicted octanol–water partition coefficient (Wildman–Crippen LogP) is 2.53. The van der Waals surface area contributed by atoms with Gasteiger partial charge in [-0.3, -0.25) is 4.79 Å². The standard InChI is InChI=1S/C11H18O2/c1-7(11(12)13)10-8-5-3-2-4-6-9(8)10/h7-10H,2-6H2,1H3,(H,12,13). The van der Waals surface area contributed by atoms with E-state index in [1.165, 1.54) is 32.1 Å². The van der Waals surface area contributed by atoms with Gasteiger partial charge in [0.25, 0.3) is 0 Å². The highest BCUT2D eigenvalue weighted by atomic mass is 16.4. The smallest absolute Gasteiger partial charge is 0.306 e. The summed E-state index contributed by atoms with van der Waals surface area (Å²) in [6.07, 6.45) is 6.58. The van der Waals surface area contributed by atoms with E-state index in [-0.39, 0.29) is 5.92 Å². The molecule has 1 N–H and O–H groups in total. The maximum Gasteiger partial charge on any atom is 0.306 e. The largest absolute Gasteiger partial charge is 0.481 e. The fourth-order valence-electron chi connectivity index (χ4n) is 3.13. The van der Waals surface area contributed by atoms with E-state index in [4.69, 9.17) is 5.11 Å². The van der Waals surface area contributed by atoms with E-state index >= 15 is 0 Å². The zero-order chi connectivity index (χ0) is 9.42. The molecule has 2 heteroatoms. The minimum absolute atomic E-state index is 0.104. The average molecular weight is 182 g/mol. The van der Waals surface area contributed by atoms with Crippen LogP contribution in [0.1, 0.15) is 39.0 Å². The lowest BCUT2D eigenvalue weighted by molar-refractivity contribution is -0.142. The Labute approximate surface area is 79.3 Å². The van der Waals surface area contributed by atoms with Crippen LogP contribution >= 0.6 is 0 Å². The van der Waals surface area contributed by atoms with E-state index in [0.29, 0.717) is 5.92 Å². The summed E-state index contributed by atoms with van der Waals surface area (Å²) in [6, 6.07) is 0.